The topological polar surface area (TPSA) is 89.5 Å². The van der Waals surface area contributed by atoms with Crippen LogP contribution in [0.15, 0.2) is 24.4 Å². The maximum atomic E-state index is 12.2. The lowest BCUT2D eigenvalue weighted by Crippen LogP contribution is -2.35. The standard InChI is InChI=1S/C12H15N3O3/c16-5-3-15(4-6-17)12(18)9-1-2-11-10(7-9)8-13-14-11/h1-2,7-8,16-17H,3-6H2,(H,13,14). The summed E-state index contributed by atoms with van der Waals surface area (Å²) in [6, 6.07) is 5.22. The highest BCUT2D eigenvalue weighted by Gasteiger charge is 2.15. The van der Waals surface area contributed by atoms with Crippen molar-refractivity contribution in [1.29, 1.82) is 0 Å². The minimum atomic E-state index is -0.207. The lowest BCUT2D eigenvalue weighted by Gasteiger charge is -2.20. The summed E-state index contributed by atoms with van der Waals surface area (Å²) in [7, 11) is 0. The van der Waals surface area contributed by atoms with Gasteiger partial charge < -0.3 is 15.1 Å². The van der Waals surface area contributed by atoms with E-state index in [1.54, 1.807) is 24.4 Å². The van der Waals surface area contributed by atoms with Gasteiger partial charge in [0, 0.05) is 24.0 Å². The molecule has 2 aromatic rings. The summed E-state index contributed by atoms with van der Waals surface area (Å²) in [4.78, 5) is 13.6. The molecule has 1 heterocycles. The molecule has 0 spiro atoms. The smallest absolute Gasteiger partial charge is 0.254 e. The molecule has 3 N–H and O–H groups in total. The van der Waals surface area contributed by atoms with Gasteiger partial charge in [0.25, 0.3) is 5.91 Å². The van der Waals surface area contributed by atoms with Crippen LogP contribution in [-0.2, 0) is 0 Å². The molecule has 0 fully saturated rings. The Morgan fingerprint density at radius 3 is 2.67 bits per heavy atom. The average Bonchev–Trinajstić information content (AvgIpc) is 2.84. The number of aliphatic hydroxyl groups is 2. The number of aromatic amines is 1. The zero-order valence-corrected chi connectivity index (χ0v) is 9.83. The minimum absolute atomic E-state index is 0.125. The Bertz CT molecular complexity index is 532. The number of nitrogens with one attached hydrogen (secondary N) is 1. The van der Waals surface area contributed by atoms with Crippen LogP contribution in [0.4, 0.5) is 0 Å². The first-order valence-corrected chi connectivity index (χ1v) is 5.70. The fourth-order valence-electron chi connectivity index (χ4n) is 1.81. The zero-order valence-electron chi connectivity index (χ0n) is 9.83. The Labute approximate surface area is 104 Å². The number of hydrogen-bond acceptors (Lipinski definition) is 4. The summed E-state index contributed by atoms with van der Waals surface area (Å²) in [5, 5.41) is 25.4. The molecule has 0 atom stereocenters. The van der Waals surface area contributed by atoms with Gasteiger partial charge in [-0.3, -0.25) is 9.89 Å². The Morgan fingerprint density at radius 2 is 2.00 bits per heavy atom. The summed E-state index contributed by atoms with van der Waals surface area (Å²) in [6.45, 7) is 0.172. The van der Waals surface area contributed by atoms with Crippen molar-refractivity contribution in [3.63, 3.8) is 0 Å². The molecule has 0 radical (unpaired) electrons. The second-order valence-corrected chi connectivity index (χ2v) is 3.91. The van der Waals surface area contributed by atoms with Gasteiger partial charge in [0.1, 0.15) is 0 Å². The molecule has 1 aromatic carbocycles. The van der Waals surface area contributed by atoms with E-state index in [9.17, 15) is 4.79 Å². The van der Waals surface area contributed by atoms with Gasteiger partial charge in [-0.2, -0.15) is 5.10 Å². The maximum Gasteiger partial charge on any atom is 0.254 e. The number of carbonyl (C=O) groups is 1. The van der Waals surface area contributed by atoms with Crippen LogP contribution in [-0.4, -0.2) is 57.5 Å². The summed E-state index contributed by atoms with van der Waals surface area (Å²) in [5.41, 5.74) is 1.38. The summed E-state index contributed by atoms with van der Waals surface area (Å²) < 4.78 is 0. The van der Waals surface area contributed by atoms with Crippen LogP contribution < -0.4 is 0 Å². The number of H-pyrrole nitrogens is 1. The van der Waals surface area contributed by atoms with E-state index in [0.29, 0.717) is 5.56 Å². The number of hydrogen-bond donors (Lipinski definition) is 3. The van der Waals surface area contributed by atoms with E-state index in [4.69, 9.17) is 10.2 Å². The van der Waals surface area contributed by atoms with Crippen LogP contribution in [0.5, 0.6) is 0 Å². The van der Waals surface area contributed by atoms with Crippen LogP contribution in [0.1, 0.15) is 10.4 Å². The Morgan fingerprint density at radius 1 is 1.28 bits per heavy atom. The first-order chi connectivity index (χ1) is 8.76. The third-order valence-electron chi connectivity index (χ3n) is 2.71. The number of amides is 1. The molecule has 96 valence electrons. The van der Waals surface area contributed by atoms with Crippen molar-refractivity contribution >= 4 is 16.8 Å². The molecule has 0 bridgehead atoms. The van der Waals surface area contributed by atoms with E-state index >= 15 is 0 Å². The van der Waals surface area contributed by atoms with Gasteiger partial charge >= 0.3 is 0 Å². The minimum Gasteiger partial charge on any atom is -0.395 e. The highest BCUT2D eigenvalue weighted by atomic mass is 16.3. The molecular weight excluding hydrogens is 234 g/mol. The monoisotopic (exact) mass is 249 g/mol. The van der Waals surface area contributed by atoms with Gasteiger partial charge in [-0.25, -0.2) is 0 Å². The molecule has 0 unspecified atom stereocenters. The number of fused-ring (bicyclic) bond motifs is 1. The first kappa shape index (κ1) is 12.5. The van der Waals surface area contributed by atoms with Gasteiger partial charge in [-0.15, -0.1) is 0 Å². The molecule has 0 aliphatic carbocycles. The molecule has 0 aliphatic heterocycles. The van der Waals surface area contributed by atoms with E-state index < -0.39 is 0 Å². The van der Waals surface area contributed by atoms with Gasteiger partial charge in [0.05, 0.1) is 24.9 Å². The highest BCUT2D eigenvalue weighted by Crippen LogP contribution is 2.14. The van der Waals surface area contributed by atoms with Gasteiger partial charge in [-0.1, -0.05) is 0 Å². The molecule has 18 heavy (non-hydrogen) atoms. The van der Waals surface area contributed by atoms with Crippen molar-refractivity contribution in [3.05, 3.63) is 30.0 Å². The van der Waals surface area contributed by atoms with Crippen molar-refractivity contribution in [2.24, 2.45) is 0 Å². The number of aromatic nitrogens is 2. The van der Waals surface area contributed by atoms with Crippen LogP contribution in [0.25, 0.3) is 10.9 Å². The van der Waals surface area contributed by atoms with Crippen LogP contribution >= 0.6 is 0 Å². The summed E-state index contributed by atoms with van der Waals surface area (Å²) in [6.07, 6.45) is 1.65. The molecule has 0 aliphatic rings. The third kappa shape index (κ3) is 2.49. The van der Waals surface area contributed by atoms with E-state index in [-0.39, 0.29) is 32.2 Å². The average molecular weight is 249 g/mol. The lowest BCUT2D eigenvalue weighted by atomic mass is 10.1. The number of rotatable bonds is 5. The van der Waals surface area contributed by atoms with Crippen molar-refractivity contribution in [1.82, 2.24) is 15.1 Å². The van der Waals surface area contributed by atoms with Gasteiger partial charge in [-0.05, 0) is 18.2 Å². The number of benzene rings is 1. The van der Waals surface area contributed by atoms with Crippen molar-refractivity contribution < 1.29 is 15.0 Å². The Kier molecular flexibility index (Phi) is 3.91. The van der Waals surface area contributed by atoms with Crippen LogP contribution in [0.2, 0.25) is 0 Å². The fraction of sp³-hybridized carbons (Fsp3) is 0.333. The Balaban J connectivity index is 2.24. The van der Waals surface area contributed by atoms with Crippen LogP contribution in [0.3, 0.4) is 0 Å². The van der Waals surface area contributed by atoms with E-state index in [1.807, 2.05) is 0 Å². The fourth-order valence-corrected chi connectivity index (χ4v) is 1.81. The zero-order chi connectivity index (χ0) is 13.0. The predicted octanol–water partition coefficient (Wildman–Crippen LogP) is -0.0103. The third-order valence-corrected chi connectivity index (χ3v) is 2.71. The normalized spacial score (nSPS) is 10.8. The van der Waals surface area contributed by atoms with Gasteiger partial charge in [0.2, 0.25) is 0 Å². The number of carbonyl (C=O) groups excluding carboxylic acids is 1. The lowest BCUT2D eigenvalue weighted by molar-refractivity contribution is 0.0685. The SMILES string of the molecule is O=C(c1ccc2[nH]ncc2c1)N(CCO)CCO. The van der Waals surface area contributed by atoms with Crippen molar-refractivity contribution in [2.75, 3.05) is 26.3 Å². The molecule has 6 nitrogen and oxygen atoms in total. The second kappa shape index (κ2) is 5.61. The van der Waals surface area contributed by atoms with E-state index in [1.165, 1.54) is 4.90 Å². The predicted molar refractivity (Wildman–Crippen MR) is 66.2 cm³/mol. The first-order valence-electron chi connectivity index (χ1n) is 5.70. The molecule has 1 aromatic heterocycles. The summed E-state index contributed by atoms with van der Waals surface area (Å²) in [5.74, 6) is -0.207. The van der Waals surface area contributed by atoms with Crippen LogP contribution in [0, 0.1) is 0 Å². The maximum absolute atomic E-state index is 12.2. The largest absolute Gasteiger partial charge is 0.395 e. The molecule has 0 saturated heterocycles. The second-order valence-electron chi connectivity index (χ2n) is 3.91. The molecule has 6 heteroatoms. The summed E-state index contributed by atoms with van der Waals surface area (Å²) >= 11 is 0. The molecule has 0 saturated carbocycles. The quantitative estimate of drug-likeness (QED) is 0.695. The highest BCUT2D eigenvalue weighted by molar-refractivity contribution is 5.97. The van der Waals surface area contributed by atoms with E-state index in [0.717, 1.165) is 10.9 Å². The number of aliphatic hydroxyl groups excluding tert-OH is 2. The van der Waals surface area contributed by atoms with Crippen molar-refractivity contribution in [3.8, 4) is 0 Å². The number of nitrogens with zero attached hydrogens (tertiary/aromatic N) is 2. The van der Waals surface area contributed by atoms with Crippen molar-refractivity contribution in [2.45, 2.75) is 0 Å². The Hall–Kier alpha value is -1.92. The van der Waals surface area contributed by atoms with Gasteiger partial charge in [0.15, 0.2) is 0 Å². The van der Waals surface area contributed by atoms with E-state index in [2.05, 4.69) is 10.2 Å². The molecule has 1 amide bonds. The molecule has 2 rings (SSSR count). The molecular formula is C12H15N3O3.